The van der Waals surface area contributed by atoms with E-state index in [9.17, 15) is 22.8 Å². The molecule has 2 aliphatic rings. The summed E-state index contributed by atoms with van der Waals surface area (Å²) in [7, 11) is 0. The lowest BCUT2D eigenvalue weighted by molar-refractivity contribution is -0.179. The molecule has 2 aliphatic heterocycles. The molecule has 37 heavy (non-hydrogen) atoms. The zero-order valence-corrected chi connectivity index (χ0v) is 21.3. The van der Waals surface area contributed by atoms with Gasteiger partial charge in [-0.05, 0) is 36.2 Å². The van der Waals surface area contributed by atoms with Gasteiger partial charge in [-0.3, -0.25) is 9.69 Å². The fourth-order valence-electron chi connectivity index (χ4n) is 4.72. The van der Waals surface area contributed by atoms with E-state index in [1.165, 1.54) is 6.33 Å². The van der Waals surface area contributed by atoms with E-state index in [0.717, 1.165) is 34.6 Å². The maximum absolute atomic E-state index is 13.9. The molecule has 0 saturated carbocycles. The van der Waals surface area contributed by atoms with Crippen molar-refractivity contribution < 1.29 is 27.5 Å². The first kappa shape index (κ1) is 25.8. The summed E-state index contributed by atoms with van der Waals surface area (Å²) in [4.78, 5) is 33.4. The van der Waals surface area contributed by atoms with Crippen LogP contribution in [0.1, 0.15) is 16.0 Å². The van der Waals surface area contributed by atoms with Gasteiger partial charge in [0.1, 0.15) is 12.4 Å². The summed E-state index contributed by atoms with van der Waals surface area (Å²) >= 11 is 7.52. The van der Waals surface area contributed by atoms with Crippen LogP contribution in [0.5, 0.6) is 0 Å². The first-order valence-electron chi connectivity index (χ1n) is 11.6. The number of carbonyl (C=O) groups is 2. The van der Waals surface area contributed by atoms with Crippen LogP contribution in [-0.2, 0) is 22.4 Å². The highest BCUT2D eigenvalue weighted by Gasteiger charge is 2.50. The van der Waals surface area contributed by atoms with Gasteiger partial charge in [0.25, 0.3) is 5.91 Å². The third-order valence-electron chi connectivity index (χ3n) is 6.45. The van der Waals surface area contributed by atoms with Crippen LogP contribution in [0.2, 0.25) is 5.02 Å². The van der Waals surface area contributed by atoms with Crippen LogP contribution in [0.15, 0.2) is 24.5 Å². The molecule has 1 aromatic carbocycles. The largest absolute Gasteiger partial charge is 0.409 e. The Morgan fingerprint density at radius 3 is 2.76 bits per heavy atom. The average molecular weight is 554 g/mol. The molecular formula is C24H23ClF3N5O3S. The maximum atomic E-state index is 13.9. The number of rotatable bonds is 6. The fourth-order valence-corrected chi connectivity index (χ4v) is 6.15. The van der Waals surface area contributed by atoms with Crippen LogP contribution in [0.4, 0.5) is 18.0 Å². The number of aryl methyl sites for hydroxylation is 1. The number of benzene rings is 1. The van der Waals surface area contributed by atoms with E-state index in [1.807, 2.05) is 13.0 Å². The highest BCUT2D eigenvalue weighted by atomic mass is 35.5. The molecule has 13 heteroatoms. The molecule has 1 unspecified atom stereocenters. The minimum Gasteiger partial charge on any atom is -0.375 e. The predicted molar refractivity (Wildman–Crippen MR) is 133 cm³/mol. The third-order valence-corrected chi connectivity index (χ3v) is 7.83. The van der Waals surface area contributed by atoms with Gasteiger partial charge < -0.3 is 15.4 Å². The van der Waals surface area contributed by atoms with Crippen molar-refractivity contribution in [2.45, 2.75) is 38.1 Å². The topological polar surface area (TPSA) is 96.5 Å². The van der Waals surface area contributed by atoms with E-state index in [0.29, 0.717) is 45.4 Å². The second-order valence-electron chi connectivity index (χ2n) is 8.98. The number of hydrogen-bond acceptors (Lipinski definition) is 7. The number of imide groups is 1. The number of aromatic nitrogens is 2. The Labute approximate surface area is 219 Å². The van der Waals surface area contributed by atoms with Gasteiger partial charge >= 0.3 is 12.2 Å². The molecule has 0 radical (unpaired) electrons. The van der Waals surface area contributed by atoms with Crippen molar-refractivity contribution >= 4 is 45.1 Å². The molecule has 2 fully saturated rings. The summed E-state index contributed by atoms with van der Waals surface area (Å²) in [6.07, 6.45) is -3.44. The number of hydrogen-bond donors (Lipinski definition) is 2. The van der Waals surface area contributed by atoms with E-state index in [2.05, 4.69) is 20.6 Å². The fraction of sp³-hybridized carbons (Fsp3) is 0.417. The zero-order valence-electron chi connectivity index (χ0n) is 19.7. The number of urea groups is 1. The molecule has 0 aliphatic carbocycles. The molecule has 196 valence electrons. The lowest BCUT2D eigenvalue weighted by atomic mass is 9.94. The Balaban J connectivity index is 1.54. The molecule has 2 saturated heterocycles. The Hall–Kier alpha value is -2.80. The molecule has 3 aromatic rings. The monoisotopic (exact) mass is 553 g/mol. The molecule has 2 aromatic heterocycles. The molecule has 2 N–H and O–H groups in total. The van der Waals surface area contributed by atoms with Crippen molar-refractivity contribution in [1.82, 2.24) is 25.5 Å². The SMILES string of the molecule is Cc1cc(Cl)cc(-c2ncnc3cc(CC(N4C(=O)CNC4=O)C(F)(F)F)sc23)c1C[C@H]1CNCCO1. The number of thiophene rings is 1. The average Bonchev–Trinajstić information content (AvgIpc) is 3.41. The first-order chi connectivity index (χ1) is 17.6. The van der Waals surface area contributed by atoms with Crippen LogP contribution in [0.25, 0.3) is 21.5 Å². The van der Waals surface area contributed by atoms with Gasteiger partial charge in [0.15, 0.2) is 0 Å². The van der Waals surface area contributed by atoms with Crippen LogP contribution in [0.3, 0.4) is 0 Å². The van der Waals surface area contributed by atoms with Crippen molar-refractivity contribution in [2.24, 2.45) is 0 Å². The van der Waals surface area contributed by atoms with Gasteiger partial charge in [-0.2, -0.15) is 13.2 Å². The Bertz CT molecular complexity index is 1340. The Morgan fingerprint density at radius 1 is 1.27 bits per heavy atom. The van der Waals surface area contributed by atoms with Gasteiger partial charge in [-0.25, -0.2) is 14.8 Å². The summed E-state index contributed by atoms with van der Waals surface area (Å²) < 4.78 is 48.3. The molecule has 2 atom stereocenters. The number of ether oxygens (including phenoxy) is 1. The molecule has 4 heterocycles. The van der Waals surface area contributed by atoms with Gasteiger partial charge in [0, 0.05) is 41.4 Å². The molecule has 3 amide bonds. The van der Waals surface area contributed by atoms with E-state index < -0.39 is 37.1 Å². The minimum atomic E-state index is -4.80. The minimum absolute atomic E-state index is 0.0414. The molecule has 0 bridgehead atoms. The number of alkyl halides is 3. The predicted octanol–water partition coefficient (Wildman–Crippen LogP) is 3.88. The second kappa shape index (κ2) is 10.2. The van der Waals surface area contributed by atoms with Crippen molar-refractivity contribution in [3.05, 3.63) is 45.6 Å². The lowest BCUT2D eigenvalue weighted by Crippen LogP contribution is -2.50. The summed E-state index contributed by atoms with van der Waals surface area (Å²) in [5.41, 5.74) is 3.74. The van der Waals surface area contributed by atoms with E-state index in [1.54, 1.807) is 12.1 Å². The molecular weight excluding hydrogens is 531 g/mol. The lowest BCUT2D eigenvalue weighted by Gasteiger charge is -2.26. The molecule has 5 rings (SSSR count). The molecule has 8 nitrogen and oxygen atoms in total. The van der Waals surface area contributed by atoms with Gasteiger partial charge in [0.2, 0.25) is 0 Å². The number of halogens is 4. The first-order valence-corrected chi connectivity index (χ1v) is 12.8. The molecule has 0 spiro atoms. The van der Waals surface area contributed by atoms with E-state index in [4.69, 9.17) is 16.3 Å². The number of amides is 3. The van der Waals surface area contributed by atoms with Crippen molar-refractivity contribution in [2.75, 3.05) is 26.2 Å². The summed E-state index contributed by atoms with van der Waals surface area (Å²) in [6, 6.07) is 1.88. The summed E-state index contributed by atoms with van der Waals surface area (Å²) in [5.74, 6) is -0.910. The van der Waals surface area contributed by atoms with Crippen LogP contribution >= 0.6 is 22.9 Å². The highest BCUT2D eigenvalue weighted by Crippen LogP contribution is 2.39. The van der Waals surface area contributed by atoms with Crippen LogP contribution < -0.4 is 10.6 Å². The number of morpholine rings is 1. The Morgan fingerprint density at radius 2 is 2.08 bits per heavy atom. The van der Waals surface area contributed by atoms with Crippen LogP contribution in [0, 0.1) is 6.92 Å². The van der Waals surface area contributed by atoms with E-state index >= 15 is 0 Å². The van der Waals surface area contributed by atoms with E-state index in [-0.39, 0.29) is 11.0 Å². The quantitative estimate of drug-likeness (QED) is 0.450. The van der Waals surface area contributed by atoms with Crippen molar-refractivity contribution in [3.8, 4) is 11.3 Å². The maximum Gasteiger partial charge on any atom is 0.409 e. The smallest absolute Gasteiger partial charge is 0.375 e. The van der Waals surface area contributed by atoms with Gasteiger partial charge in [-0.1, -0.05) is 11.6 Å². The Kier molecular flexibility index (Phi) is 7.10. The number of carbonyl (C=O) groups excluding carboxylic acids is 2. The van der Waals surface area contributed by atoms with Gasteiger partial charge in [-0.15, -0.1) is 11.3 Å². The normalized spacial score (nSPS) is 19.5. The summed E-state index contributed by atoms with van der Waals surface area (Å²) in [5, 5.41) is 5.98. The highest BCUT2D eigenvalue weighted by molar-refractivity contribution is 7.19. The van der Waals surface area contributed by atoms with Crippen molar-refractivity contribution in [1.29, 1.82) is 0 Å². The second-order valence-corrected chi connectivity index (χ2v) is 10.6. The zero-order chi connectivity index (χ0) is 26.3. The number of nitrogens with one attached hydrogen (secondary N) is 2. The number of fused-ring (bicyclic) bond motifs is 1. The number of nitrogens with zero attached hydrogens (tertiary/aromatic N) is 3. The summed E-state index contributed by atoms with van der Waals surface area (Å²) in [6.45, 7) is 3.59. The third kappa shape index (κ3) is 5.28. The van der Waals surface area contributed by atoms with Gasteiger partial charge in [0.05, 0.1) is 35.2 Å². The standard InChI is InChI=1S/C24H23ClF3N5O3S/c1-12-4-13(25)5-17(16(12)6-14-9-29-2-3-36-14)21-22-18(31-11-32-21)7-15(37-22)8-19(24(26,27)28)33-20(34)10-30-23(33)35/h4-5,7,11,14,19,29H,2-3,6,8-10H2,1H3,(H,30,35)/t14-,19?/m0/s1. The van der Waals surface area contributed by atoms with Crippen LogP contribution in [-0.4, -0.2) is 71.4 Å². The van der Waals surface area contributed by atoms with Crippen molar-refractivity contribution in [3.63, 3.8) is 0 Å².